The minimum absolute atomic E-state index is 0.122. The molecule has 0 saturated heterocycles. The number of alkyl halides is 3. The molecular weight excluding hydrogens is 453 g/mol. The summed E-state index contributed by atoms with van der Waals surface area (Å²) in [7, 11) is 1.27. The van der Waals surface area contributed by atoms with E-state index >= 15 is 0 Å². The van der Waals surface area contributed by atoms with Crippen molar-refractivity contribution in [3.63, 3.8) is 0 Å². The summed E-state index contributed by atoms with van der Waals surface area (Å²) in [6.07, 6.45) is 0.205. The molecule has 0 fully saturated rings. The Morgan fingerprint density at radius 2 is 2.09 bits per heavy atom. The van der Waals surface area contributed by atoms with Crippen molar-refractivity contribution in [1.29, 1.82) is 0 Å². The zero-order chi connectivity index (χ0) is 24.5. The Labute approximate surface area is 193 Å². The zero-order valence-corrected chi connectivity index (χ0v) is 18.5. The van der Waals surface area contributed by atoms with Crippen LogP contribution in [0.3, 0.4) is 0 Å². The van der Waals surface area contributed by atoms with Gasteiger partial charge in [-0.05, 0) is 44.0 Å². The molecule has 0 bridgehead atoms. The van der Waals surface area contributed by atoms with Crippen LogP contribution in [0.4, 0.5) is 23.7 Å². The van der Waals surface area contributed by atoms with E-state index < -0.39 is 23.7 Å². The van der Waals surface area contributed by atoms with Gasteiger partial charge in [-0.15, -0.1) is 0 Å². The van der Waals surface area contributed by atoms with Crippen molar-refractivity contribution in [2.75, 3.05) is 18.6 Å². The number of ether oxygens (including phenoxy) is 2. The Kier molecular flexibility index (Phi) is 6.47. The van der Waals surface area contributed by atoms with Crippen molar-refractivity contribution in [3.05, 3.63) is 54.0 Å². The summed E-state index contributed by atoms with van der Waals surface area (Å²) in [5, 5.41) is 13.4. The molecular formula is C23H23F3N4O4. The van der Waals surface area contributed by atoms with Gasteiger partial charge >= 0.3 is 12.3 Å². The van der Waals surface area contributed by atoms with Gasteiger partial charge in [0, 0.05) is 35.1 Å². The minimum atomic E-state index is -4.67. The van der Waals surface area contributed by atoms with Gasteiger partial charge < -0.3 is 14.6 Å². The van der Waals surface area contributed by atoms with Gasteiger partial charge in [-0.3, -0.25) is 9.58 Å². The van der Waals surface area contributed by atoms with Crippen molar-refractivity contribution < 1.29 is 32.5 Å². The number of benzene rings is 1. The van der Waals surface area contributed by atoms with Gasteiger partial charge in [0.2, 0.25) is 5.88 Å². The number of nitrogens with zero attached hydrogens (tertiary/aromatic N) is 4. The van der Waals surface area contributed by atoms with Crippen LogP contribution in [0.15, 0.2) is 42.9 Å². The van der Waals surface area contributed by atoms with E-state index in [9.17, 15) is 23.1 Å². The van der Waals surface area contributed by atoms with Crippen LogP contribution in [0.5, 0.6) is 11.6 Å². The molecule has 1 aromatic carbocycles. The normalized spacial score (nSPS) is 15.7. The number of pyridine rings is 1. The molecule has 3 aromatic rings. The van der Waals surface area contributed by atoms with Crippen LogP contribution >= 0.6 is 0 Å². The first kappa shape index (κ1) is 23.6. The molecule has 8 nitrogen and oxygen atoms in total. The van der Waals surface area contributed by atoms with Crippen LogP contribution in [0.25, 0.3) is 11.1 Å². The lowest BCUT2D eigenvalue weighted by molar-refractivity contribution is -0.138. The fourth-order valence-corrected chi connectivity index (χ4v) is 4.04. The van der Waals surface area contributed by atoms with Gasteiger partial charge in [-0.25, -0.2) is 9.78 Å². The standard InChI is InChI=1S/C23H23F3N4O4/c1-14-5-6-17-19(30(14)22(32)33-2)8-7-16(15-12-28-29(13-15)10-11-31)20(17)34-21-18(23(24,25)26)4-3-9-27-21/h3-4,7-9,12-14,31H,5-6,10-11H2,1-2H3. The van der Waals surface area contributed by atoms with Crippen LogP contribution in [-0.4, -0.2) is 45.7 Å². The van der Waals surface area contributed by atoms with E-state index in [1.54, 1.807) is 18.3 Å². The predicted molar refractivity (Wildman–Crippen MR) is 117 cm³/mol. The molecule has 180 valence electrons. The predicted octanol–water partition coefficient (Wildman–Crippen LogP) is 4.66. The number of hydrogen-bond acceptors (Lipinski definition) is 6. The molecule has 3 heterocycles. The number of amides is 1. The summed E-state index contributed by atoms with van der Waals surface area (Å²) >= 11 is 0. The number of fused-ring (bicyclic) bond motifs is 1. The van der Waals surface area contributed by atoms with E-state index in [2.05, 4.69) is 10.1 Å². The summed E-state index contributed by atoms with van der Waals surface area (Å²) in [5.41, 5.74) is 1.12. The summed E-state index contributed by atoms with van der Waals surface area (Å²) in [4.78, 5) is 17.8. The van der Waals surface area contributed by atoms with E-state index in [1.165, 1.54) is 35.2 Å². The van der Waals surface area contributed by atoms with Crippen LogP contribution in [0.2, 0.25) is 0 Å². The average Bonchev–Trinajstić information content (AvgIpc) is 3.27. The maximum Gasteiger partial charge on any atom is 0.421 e. The lowest BCUT2D eigenvalue weighted by Gasteiger charge is -2.35. The third-order valence-electron chi connectivity index (χ3n) is 5.67. The summed E-state index contributed by atoms with van der Waals surface area (Å²) < 4.78 is 53.3. The molecule has 0 spiro atoms. The Balaban J connectivity index is 1.90. The highest BCUT2D eigenvalue weighted by Gasteiger charge is 2.37. The Hall–Kier alpha value is -3.60. The van der Waals surface area contributed by atoms with E-state index in [4.69, 9.17) is 9.47 Å². The number of aromatic nitrogens is 3. The average molecular weight is 476 g/mol. The van der Waals surface area contributed by atoms with Crippen LogP contribution in [-0.2, 0) is 23.9 Å². The number of methoxy groups -OCH3 is 1. The van der Waals surface area contributed by atoms with Crippen LogP contribution < -0.4 is 9.64 Å². The monoisotopic (exact) mass is 476 g/mol. The second kappa shape index (κ2) is 9.34. The molecule has 1 amide bonds. The second-order valence-electron chi connectivity index (χ2n) is 7.84. The van der Waals surface area contributed by atoms with Gasteiger partial charge in [0.05, 0.1) is 32.1 Å². The molecule has 1 unspecified atom stereocenters. The van der Waals surface area contributed by atoms with Crippen molar-refractivity contribution in [3.8, 4) is 22.8 Å². The summed E-state index contributed by atoms with van der Waals surface area (Å²) in [5.74, 6) is -0.429. The topological polar surface area (TPSA) is 89.7 Å². The van der Waals surface area contributed by atoms with Gasteiger partial charge in [0.25, 0.3) is 0 Å². The third-order valence-corrected chi connectivity index (χ3v) is 5.67. The van der Waals surface area contributed by atoms with Crippen LogP contribution in [0, 0.1) is 0 Å². The lowest BCUT2D eigenvalue weighted by Crippen LogP contribution is -2.42. The smallest absolute Gasteiger partial charge is 0.421 e. The number of aliphatic hydroxyl groups excluding tert-OH is 1. The quantitative estimate of drug-likeness (QED) is 0.576. The Morgan fingerprint density at radius 1 is 1.29 bits per heavy atom. The van der Waals surface area contributed by atoms with E-state index in [0.29, 0.717) is 35.2 Å². The minimum Gasteiger partial charge on any atom is -0.452 e. The first-order valence-electron chi connectivity index (χ1n) is 10.6. The molecule has 1 atom stereocenters. The lowest BCUT2D eigenvalue weighted by atomic mass is 9.92. The third kappa shape index (κ3) is 4.43. The molecule has 1 aliphatic rings. The summed E-state index contributed by atoms with van der Waals surface area (Å²) in [6.45, 7) is 2.00. The molecule has 0 saturated carbocycles. The van der Waals surface area contributed by atoms with E-state index in [1.807, 2.05) is 6.92 Å². The summed E-state index contributed by atoms with van der Waals surface area (Å²) in [6, 6.07) is 5.30. The van der Waals surface area contributed by atoms with E-state index in [-0.39, 0.29) is 24.9 Å². The van der Waals surface area contributed by atoms with Gasteiger partial charge in [0.15, 0.2) is 0 Å². The second-order valence-corrected chi connectivity index (χ2v) is 7.84. The van der Waals surface area contributed by atoms with Crippen molar-refractivity contribution in [1.82, 2.24) is 14.8 Å². The van der Waals surface area contributed by atoms with Gasteiger partial charge in [0.1, 0.15) is 11.3 Å². The number of halogens is 3. The van der Waals surface area contributed by atoms with Crippen LogP contribution in [0.1, 0.15) is 24.5 Å². The highest BCUT2D eigenvalue weighted by Crippen LogP contribution is 2.46. The molecule has 1 aliphatic heterocycles. The fraction of sp³-hybridized carbons (Fsp3) is 0.348. The molecule has 11 heteroatoms. The Bertz CT molecular complexity index is 1200. The maximum absolute atomic E-state index is 13.6. The van der Waals surface area contributed by atoms with Crippen molar-refractivity contribution in [2.45, 2.75) is 38.5 Å². The molecule has 0 radical (unpaired) electrons. The number of carbonyl (C=O) groups excluding carboxylic acids is 1. The number of aliphatic hydroxyl groups is 1. The zero-order valence-electron chi connectivity index (χ0n) is 18.5. The number of carbonyl (C=O) groups is 1. The Morgan fingerprint density at radius 3 is 2.79 bits per heavy atom. The largest absolute Gasteiger partial charge is 0.452 e. The molecule has 2 aromatic heterocycles. The van der Waals surface area contributed by atoms with Crippen molar-refractivity contribution in [2.24, 2.45) is 0 Å². The first-order chi connectivity index (χ1) is 16.2. The van der Waals surface area contributed by atoms with Gasteiger partial charge in [-0.1, -0.05) is 0 Å². The fourth-order valence-electron chi connectivity index (χ4n) is 4.04. The van der Waals surface area contributed by atoms with Gasteiger partial charge in [-0.2, -0.15) is 18.3 Å². The highest BCUT2D eigenvalue weighted by molar-refractivity contribution is 5.92. The number of hydrogen-bond donors (Lipinski definition) is 1. The number of anilines is 1. The SMILES string of the molecule is COC(=O)N1c2ccc(-c3cnn(CCO)c3)c(Oc3ncccc3C(F)(F)F)c2CCC1C. The molecule has 4 rings (SSSR count). The molecule has 1 N–H and O–H groups in total. The van der Waals surface area contributed by atoms with Crippen molar-refractivity contribution >= 4 is 11.8 Å². The maximum atomic E-state index is 13.6. The molecule has 34 heavy (non-hydrogen) atoms. The number of rotatable bonds is 5. The first-order valence-corrected chi connectivity index (χ1v) is 10.6. The van der Waals surface area contributed by atoms with E-state index in [0.717, 1.165) is 6.07 Å². The highest BCUT2D eigenvalue weighted by atomic mass is 19.4. The molecule has 0 aliphatic carbocycles.